The summed E-state index contributed by atoms with van der Waals surface area (Å²) in [5.74, 6) is 0.418. The second kappa shape index (κ2) is 12.3. The van der Waals surface area contributed by atoms with Gasteiger partial charge in [0.2, 0.25) is 0 Å². The monoisotopic (exact) mass is 590 g/mol. The van der Waals surface area contributed by atoms with E-state index in [1.165, 1.54) is 15.9 Å². The molecule has 0 bridgehead atoms. The lowest BCUT2D eigenvalue weighted by Gasteiger charge is -2.25. The van der Waals surface area contributed by atoms with Gasteiger partial charge in [0, 0.05) is 22.3 Å². The van der Waals surface area contributed by atoms with E-state index in [1.807, 2.05) is 30.3 Å². The molecule has 7 aromatic rings. The Morgan fingerprint density at radius 1 is 0.477 bits per heavy atom. The maximum atomic E-state index is 12.2. The Hall–Kier alpha value is -4.95. The highest BCUT2D eigenvalue weighted by Gasteiger charge is 2.25. The van der Waals surface area contributed by atoms with E-state index in [0.29, 0.717) is 11.1 Å². The number of hydrogen-bond acceptors (Lipinski definition) is 3. The van der Waals surface area contributed by atoms with Crippen LogP contribution >= 0.6 is 7.92 Å². The third-order valence-corrected chi connectivity index (χ3v) is 10.5. The van der Waals surface area contributed by atoms with Crippen molar-refractivity contribution in [3.05, 3.63) is 163 Å². The molecule has 44 heavy (non-hydrogen) atoms. The second-order valence-corrected chi connectivity index (χ2v) is 13.0. The highest BCUT2D eigenvalue weighted by Crippen LogP contribution is 2.46. The van der Waals surface area contributed by atoms with Crippen molar-refractivity contribution in [2.45, 2.75) is 13.2 Å². The van der Waals surface area contributed by atoms with Crippen molar-refractivity contribution in [2.75, 3.05) is 0 Å². The molecule has 214 valence electrons. The van der Waals surface area contributed by atoms with Crippen LogP contribution in [-0.2, 0) is 18.0 Å². The van der Waals surface area contributed by atoms with Crippen LogP contribution in [0.5, 0.6) is 11.5 Å². The molecule has 0 aromatic heterocycles. The number of phenolic OH excluding ortho intramolecular Hbond substituents is 2. The van der Waals surface area contributed by atoms with E-state index in [2.05, 4.69) is 109 Å². The van der Waals surface area contributed by atoms with Crippen LogP contribution in [0.25, 0.3) is 32.7 Å². The van der Waals surface area contributed by atoms with Gasteiger partial charge in [0.15, 0.2) is 0 Å². The van der Waals surface area contributed by atoms with Crippen LogP contribution in [0.1, 0.15) is 11.1 Å². The van der Waals surface area contributed by atoms with Gasteiger partial charge in [0.1, 0.15) is 11.5 Å². The van der Waals surface area contributed by atoms with Crippen molar-refractivity contribution in [1.82, 2.24) is 0 Å². The lowest BCUT2D eigenvalue weighted by molar-refractivity contribution is 0.104. The molecule has 7 rings (SSSR count). The number of hydrogen-bond donors (Lipinski definition) is 2. The van der Waals surface area contributed by atoms with Crippen molar-refractivity contribution < 1.29 is 14.9 Å². The first kappa shape index (κ1) is 27.9. The van der Waals surface area contributed by atoms with E-state index in [0.717, 1.165) is 32.7 Å². The van der Waals surface area contributed by atoms with Crippen LogP contribution in [0, 0.1) is 0 Å². The van der Waals surface area contributed by atoms with E-state index < -0.39 is 7.92 Å². The molecule has 0 aliphatic carbocycles. The van der Waals surface area contributed by atoms with Crippen LogP contribution < -0.4 is 15.9 Å². The molecule has 7 aromatic carbocycles. The van der Waals surface area contributed by atoms with Crippen LogP contribution in [0.15, 0.2) is 152 Å². The lowest BCUT2D eigenvalue weighted by atomic mass is 9.91. The number of benzene rings is 7. The van der Waals surface area contributed by atoms with Gasteiger partial charge in [-0.05, 0) is 57.5 Å². The first-order chi connectivity index (χ1) is 21.7. The van der Waals surface area contributed by atoms with Gasteiger partial charge in [-0.2, -0.15) is 0 Å². The third-order valence-electron chi connectivity index (χ3n) is 8.03. The van der Waals surface area contributed by atoms with Crippen LogP contribution in [0.3, 0.4) is 0 Å². The van der Waals surface area contributed by atoms with E-state index >= 15 is 0 Å². The molecule has 0 fully saturated rings. The summed E-state index contributed by atoms with van der Waals surface area (Å²) >= 11 is 0. The van der Waals surface area contributed by atoms with Gasteiger partial charge in [-0.1, -0.05) is 140 Å². The summed E-state index contributed by atoms with van der Waals surface area (Å²) in [6.45, 7) is 0.436. The maximum absolute atomic E-state index is 12.2. The number of fused-ring (bicyclic) bond motifs is 2. The first-order valence-electron chi connectivity index (χ1n) is 14.7. The summed E-state index contributed by atoms with van der Waals surface area (Å²) in [6, 6.07) is 51.7. The van der Waals surface area contributed by atoms with Gasteiger partial charge in [-0.15, -0.1) is 0 Å². The largest absolute Gasteiger partial charge is 0.508 e. The molecule has 4 heteroatoms. The third kappa shape index (κ3) is 5.33. The number of ether oxygens (including phenoxy) is 1. The van der Waals surface area contributed by atoms with Gasteiger partial charge >= 0.3 is 0 Å². The summed E-state index contributed by atoms with van der Waals surface area (Å²) in [4.78, 5) is 0. The molecule has 3 nitrogen and oxygen atoms in total. The van der Waals surface area contributed by atoms with E-state index in [9.17, 15) is 10.2 Å². The Labute approximate surface area is 258 Å². The average molecular weight is 591 g/mol. The summed E-state index contributed by atoms with van der Waals surface area (Å²) in [6.07, 6.45) is 0. The Morgan fingerprint density at radius 2 is 1.02 bits per heavy atom. The van der Waals surface area contributed by atoms with Crippen molar-refractivity contribution in [3.63, 3.8) is 0 Å². The highest BCUT2D eigenvalue weighted by molar-refractivity contribution is 7.80. The van der Waals surface area contributed by atoms with Gasteiger partial charge < -0.3 is 14.9 Å². The average Bonchev–Trinajstić information content (AvgIpc) is 3.07. The molecule has 0 atom stereocenters. The highest BCUT2D eigenvalue weighted by atomic mass is 31.1. The number of phenols is 2. The number of rotatable bonds is 8. The first-order valence-corrected chi connectivity index (χ1v) is 16.0. The van der Waals surface area contributed by atoms with E-state index in [4.69, 9.17) is 4.74 Å². The molecule has 0 radical (unpaired) electrons. The fourth-order valence-corrected chi connectivity index (χ4v) is 8.43. The summed E-state index contributed by atoms with van der Waals surface area (Å²) in [5, 5.41) is 30.3. The van der Waals surface area contributed by atoms with Crippen LogP contribution in [0.2, 0.25) is 0 Å². The number of para-hydroxylation sites is 1. The van der Waals surface area contributed by atoms with Gasteiger partial charge in [-0.3, -0.25) is 0 Å². The van der Waals surface area contributed by atoms with E-state index in [-0.39, 0.29) is 24.7 Å². The summed E-state index contributed by atoms with van der Waals surface area (Å²) in [7, 11) is -0.956. The van der Waals surface area contributed by atoms with Gasteiger partial charge in [-0.25, -0.2) is 0 Å². The quantitative estimate of drug-likeness (QED) is 0.174. The lowest BCUT2D eigenvalue weighted by Crippen LogP contribution is -2.22. The Bertz CT molecular complexity index is 2030. The molecule has 0 aliphatic rings. The molecule has 0 unspecified atom stereocenters. The maximum Gasteiger partial charge on any atom is 0.129 e. The van der Waals surface area contributed by atoms with Crippen LogP contribution in [0.4, 0.5) is 0 Å². The predicted molar refractivity (Wildman–Crippen MR) is 184 cm³/mol. The van der Waals surface area contributed by atoms with Gasteiger partial charge in [0.25, 0.3) is 0 Å². The van der Waals surface area contributed by atoms with Gasteiger partial charge in [0.05, 0.1) is 13.2 Å². The SMILES string of the molecule is Oc1ccccc1COCc1cc2ccccc2c(-c2c(P(c3ccccc3)c3ccccc3)ccc3ccccc23)c1O. The fourth-order valence-electron chi connectivity index (χ4n) is 5.95. The molecule has 0 heterocycles. The van der Waals surface area contributed by atoms with Crippen molar-refractivity contribution in [1.29, 1.82) is 0 Å². The molecule has 0 amide bonds. The normalized spacial score (nSPS) is 11.4. The second-order valence-electron chi connectivity index (χ2n) is 10.8. The minimum absolute atomic E-state index is 0.199. The standard InChI is InChI=1S/C40H31O3P/c41-36-22-12-9-15-30(36)26-43-27-31-25-29-14-8-11-21-35(29)39(40(31)42)38-34-20-10-7-13-28(34)23-24-37(38)44(32-16-3-1-4-17-32)33-18-5-2-6-19-33/h1-25,41-42H,26-27H2. The Kier molecular flexibility index (Phi) is 7.81. The van der Waals surface area contributed by atoms with Crippen molar-refractivity contribution in [2.24, 2.45) is 0 Å². The Balaban J connectivity index is 1.46. The summed E-state index contributed by atoms with van der Waals surface area (Å²) in [5.41, 5.74) is 3.27. The summed E-state index contributed by atoms with van der Waals surface area (Å²) < 4.78 is 6.10. The fraction of sp³-hybridized carbons (Fsp3) is 0.0500. The predicted octanol–water partition coefficient (Wildman–Crippen LogP) is 8.55. The minimum atomic E-state index is -0.956. The molecular weight excluding hydrogens is 559 g/mol. The zero-order valence-electron chi connectivity index (χ0n) is 24.1. The number of aromatic hydroxyl groups is 2. The molecule has 0 spiro atoms. The van der Waals surface area contributed by atoms with E-state index in [1.54, 1.807) is 12.1 Å². The van der Waals surface area contributed by atoms with Crippen molar-refractivity contribution >= 4 is 45.4 Å². The zero-order chi connectivity index (χ0) is 29.9. The molecule has 0 saturated carbocycles. The molecule has 2 N–H and O–H groups in total. The zero-order valence-corrected chi connectivity index (χ0v) is 25.0. The molecular formula is C40H31O3P. The van der Waals surface area contributed by atoms with Crippen molar-refractivity contribution in [3.8, 4) is 22.6 Å². The minimum Gasteiger partial charge on any atom is -0.508 e. The topological polar surface area (TPSA) is 49.7 Å². The smallest absolute Gasteiger partial charge is 0.129 e. The van der Waals surface area contributed by atoms with Crippen LogP contribution in [-0.4, -0.2) is 10.2 Å². The molecule has 0 saturated heterocycles. The molecule has 0 aliphatic heterocycles. The Morgan fingerprint density at radius 3 is 1.70 bits per heavy atom.